The molecule has 53 heavy (non-hydrogen) atoms. The Labute approximate surface area is 310 Å². The zero-order valence-corrected chi connectivity index (χ0v) is 31.2. The summed E-state index contributed by atoms with van der Waals surface area (Å²) in [6.07, 6.45) is -7.04. The van der Waals surface area contributed by atoms with E-state index in [0.29, 0.717) is 32.3 Å². The van der Waals surface area contributed by atoms with Gasteiger partial charge in [0.15, 0.2) is 25.2 Å². The van der Waals surface area contributed by atoms with Crippen molar-refractivity contribution in [3.8, 4) is 0 Å². The molecule has 4 rings (SSSR count). The third-order valence-corrected chi connectivity index (χ3v) is 9.71. The number of nitrogens with zero attached hydrogens (tertiary/aromatic N) is 6. The smallest absolute Gasteiger partial charge is 0.187 e. The van der Waals surface area contributed by atoms with Gasteiger partial charge in [-0.25, -0.2) is 0 Å². The maximum Gasteiger partial charge on any atom is 0.187 e. The van der Waals surface area contributed by atoms with E-state index in [2.05, 4.69) is 20.1 Å². The van der Waals surface area contributed by atoms with Gasteiger partial charge in [-0.3, -0.25) is 0 Å². The first kappa shape index (κ1) is 43.5. The number of rotatable bonds is 24. The normalized spacial score (nSPS) is 38.2. The predicted octanol–water partition coefficient (Wildman–Crippen LogP) is 3.61. The number of unbranched alkanes of at least 4 members (excludes halogenated alkanes) is 4. The Morgan fingerprint density at radius 3 is 1.81 bits per heavy atom. The molecule has 0 spiro atoms. The quantitative estimate of drug-likeness (QED) is 0.0470. The molecule has 0 saturated carbocycles. The molecule has 2 bridgehead atoms. The van der Waals surface area contributed by atoms with Crippen LogP contribution in [0.25, 0.3) is 20.9 Å². The Hall–Kier alpha value is -2.19. The maximum atomic E-state index is 12.9. The van der Waals surface area contributed by atoms with Crippen molar-refractivity contribution in [2.45, 2.75) is 171 Å². The van der Waals surface area contributed by atoms with Gasteiger partial charge < -0.3 is 62.4 Å². The first-order chi connectivity index (χ1) is 25.9. The van der Waals surface area contributed by atoms with Crippen molar-refractivity contribution >= 4 is 6.29 Å². The van der Waals surface area contributed by atoms with Gasteiger partial charge >= 0.3 is 0 Å². The second-order valence-corrected chi connectivity index (χ2v) is 13.5. The van der Waals surface area contributed by atoms with Crippen LogP contribution in [0, 0.1) is 0 Å². The molecule has 19 nitrogen and oxygen atoms in total. The Bertz CT molecular complexity index is 1180. The summed E-state index contributed by atoms with van der Waals surface area (Å²) in [5.74, 6) is 0. The molecule has 4 fully saturated rings. The van der Waals surface area contributed by atoms with Gasteiger partial charge in [-0.2, -0.15) is 0 Å². The maximum absolute atomic E-state index is 12.9. The molecule has 0 aromatic rings. The van der Waals surface area contributed by atoms with Crippen LogP contribution in [-0.4, -0.2) is 148 Å². The lowest BCUT2D eigenvalue weighted by molar-refractivity contribution is -0.360. The molecular formula is C34H58N6O13. The molecule has 0 amide bonds. The van der Waals surface area contributed by atoms with E-state index in [-0.39, 0.29) is 19.8 Å². The average Bonchev–Trinajstić information content (AvgIpc) is 3.61. The Morgan fingerprint density at radius 1 is 0.698 bits per heavy atom. The predicted molar refractivity (Wildman–Crippen MR) is 185 cm³/mol. The van der Waals surface area contributed by atoms with Gasteiger partial charge in [-0.05, 0) is 36.7 Å². The van der Waals surface area contributed by atoms with Gasteiger partial charge in [0, 0.05) is 36.3 Å². The zero-order chi connectivity index (χ0) is 38.2. The fourth-order valence-corrected chi connectivity index (χ4v) is 6.78. The van der Waals surface area contributed by atoms with Crippen molar-refractivity contribution in [2.24, 2.45) is 10.2 Å². The second kappa shape index (κ2) is 23.0. The van der Waals surface area contributed by atoms with Gasteiger partial charge in [-0.15, -0.1) is 0 Å². The lowest BCUT2D eigenvalue weighted by Gasteiger charge is -2.49. The standard InChI is InChI=1S/C34H58N6O13/c1-5-9-13-44-27-20(17-41)49-33(24(38-40-36)29(27)45-14-10-6-2)53-28-21(18-42)50-34(31(47-16-12-8-4)30(28)46-15-11-7-3)52-26-22-19-48-32(51-22)23(25(26)43)37-39-35/h18,20-34,41,43H,5-17,19H2,1-4H3. The summed E-state index contributed by atoms with van der Waals surface area (Å²) in [5, 5.41) is 29.5. The van der Waals surface area contributed by atoms with E-state index < -0.39 is 98.6 Å². The highest BCUT2D eigenvalue weighted by Crippen LogP contribution is 2.38. The lowest BCUT2D eigenvalue weighted by atomic mass is 9.95. The molecule has 0 radical (unpaired) electrons. The molecule has 4 heterocycles. The summed E-state index contributed by atoms with van der Waals surface area (Å²) in [7, 11) is 0. The van der Waals surface area contributed by atoms with Crippen LogP contribution in [-0.2, 0) is 52.2 Å². The average molecular weight is 759 g/mol. The molecule has 0 aromatic heterocycles. The van der Waals surface area contributed by atoms with E-state index in [4.69, 9.17) is 52.9 Å². The zero-order valence-electron chi connectivity index (χ0n) is 31.2. The van der Waals surface area contributed by atoms with Crippen molar-refractivity contribution < 1.29 is 62.4 Å². The van der Waals surface area contributed by atoms with Crippen molar-refractivity contribution in [1.29, 1.82) is 0 Å². The van der Waals surface area contributed by atoms with E-state index in [1.165, 1.54) is 0 Å². The number of ether oxygens (including phenoxy) is 10. The Kier molecular flexibility index (Phi) is 18.9. The van der Waals surface area contributed by atoms with E-state index in [0.717, 1.165) is 38.5 Å². The minimum absolute atomic E-state index is 0.0632. The molecule has 4 aliphatic rings. The van der Waals surface area contributed by atoms with E-state index in [9.17, 15) is 20.5 Å². The minimum atomic E-state index is -1.33. The van der Waals surface area contributed by atoms with Crippen molar-refractivity contribution in [1.82, 2.24) is 0 Å². The van der Waals surface area contributed by atoms with Crippen LogP contribution >= 0.6 is 0 Å². The molecule has 4 saturated heterocycles. The third kappa shape index (κ3) is 11.2. The molecule has 15 unspecified atom stereocenters. The number of carbonyl (C=O) groups excluding carboxylic acids is 1. The molecule has 302 valence electrons. The Balaban J connectivity index is 1.68. The van der Waals surface area contributed by atoms with E-state index in [1.807, 2.05) is 27.7 Å². The second-order valence-electron chi connectivity index (χ2n) is 13.5. The van der Waals surface area contributed by atoms with Gasteiger partial charge in [0.25, 0.3) is 0 Å². The van der Waals surface area contributed by atoms with Crippen LogP contribution in [0.15, 0.2) is 10.2 Å². The fraction of sp³-hybridized carbons (Fsp3) is 0.971. The van der Waals surface area contributed by atoms with E-state index in [1.54, 1.807) is 0 Å². The van der Waals surface area contributed by atoms with Crippen molar-refractivity contribution in [3.63, 3.8) is 0 Å². The molecule has 4 aliphatic heterocycles. The number of hydrogen-bond acceptors (Lipinski definition) is 15. The van der Waals surface area contributed by atoms with Crippen LogP contribution in [0.4, 0.5) is 0 Å². The van der Waals surface area contributed by atoms with E-state index >= 15 is 0 Å². The fourth-order valence-electron chi connectivity index (χ4n) is 6.78. The molecule has 19 heteroatoms. The minimum Gasteiger partial charge on any atom is -0.394 e. The van der Waals surface area contributed by atoms with Gasteiger partial charge in [0.2, 0.25) is 0 Å². The summed E-state index contributed by atoms with van der Waals surface area (Å²) in [6, 6.07) is -2.19. The Morgan fingerprint density at radius 2 is 1.25 bits per heavy atom. The molecule has 2 N–H and O–H groups in total. The highest BCUT2D eigenvalue weighted by atomic mass is 16.8. The summed E-state index contributed by atoms with van der Waals surface area (Å²) in [5.41, 5.74) is 18.8. The van der Waals surface area contributed by atoms with Crippen LogP contribution in [0.5, 0.6) is 0 Å². The van der Waals surface area contributed by atoms with Crippen LogP contribution in [0.3, 0.4) is 0 Å². The monoisotopic (exact) mass is 758 g/mol. The largest absolute Gasteiger partial charge is 0.394 e. The number of aliphatic hydroxyl groups is 2. The highest BCUT2D eigenvalue weighted by molar-refractivity contribution is 5.57. The molecule has 0 aliphatic carbocycles. The van der Waals surface area contributed by atoms with Crippen LogP contribution in [0.2, 0.25) is 0 Å². The topological polar surface area (TPSA) is 247 Å². The SMILES string of the molecule is CCCCOC1C(CO)OC(OC2C(C=O)OC(OC3C4COC(O4)C(N=[N+]=[N-])C3O)C(OCCCC)C2OCCCC)C(N=[N+]=[N-])C1OCCCC. The van der Waals surface area contributed by atoms with Gasteiger partial charge in [0.05, 0.1) is 25.4 Å². The molecular weight excluding hydrogens is 700 g/mol. The van der Waals surface area contributed by atoms with Crippen LogP contribution in [0.1, 0.15) is 79.1 Å². The van der Waals surface area contributed by atoms with Crippen molar-refractivity contribution in [3.05, 3.63) is 20.9 Å². The van der Waals surface area contributed by atoms with Crippen molar-refractivity contribution in [2.75, 3.05) is 39.6 Å². The van der Waals surface area contributed by atoms with Crippen LogP contribution < -0.4 is 0 Å². The summed E-state index contributed by atoms with van der Waals surface area (Å²) in [4.78, 5) is 18.8. The lowest BCUT2D eigenvalue weighted by Crippen LogP contribution is -2.66. The summed E-state index contributed by atoms with van der Waals surface area (Å²) < 4.78 is 62.2. The number of aldehydes is 1. The number of fused-ring (bicyclic) bond motifs is 2. The molecule has 0 aromatic carbocycles. The summed E-state index contributed by atoms with van der Waals surface area (Å²) in [6.45, 7) is 8.91. The molecule has 15 atom stereocenters. The number of hydrogen-bond donors (Lipinski definition) is 2. The highest BCUT2D eigenvalue weighted by Gasteiger charge is 2.57. The number of aliphatic hydroxyl groups excluding tert-OH is 2. The number of carbonyl (C=O) groups is 1. The van der Waals surface area contributed by atoms with Gasteiger partial charge in [-0.1, -0.05) is 63.6 Å². The summed E-state index contributed by atoms with van der Waals surface area (Å²) >= 11 is 0. The first-order valence-electron chi connectivity index (χ1n) is 19.1. The first-order valence-corrected chi connectivity index (χ1v) is 19.1. The van der Waals surface area contributed by atoms with Gasteiger partial charge in [0.1, 0.15) is 60.9 Å². The third-order valence-electron chi connectivity index (χ3n) is 9.71. The number of azide groups is 2.